The van der Waals surface area contributed by atoms with Crippen molar-refractivity contribution in [1.29, 1.82) is 0 Å². The lowest BCUT2D eigenvalue weighted by molar-refractivity contribution is 0.438. The van der Waals surface area contributed by atoms with Crippen LogP contribution in [-0.2, 0) is 0 Å². The Morgan fingerprint density at radius 3 is 2.95 bits per heavy atom. The summed E-state index contributed by atoms with van der Waals surface area (Å²) in [6, 6.07) is 2.03. The van der Waals surface area contributed by atoms with Crippen molar-refractivity contribution in [3.8, 4) is 0 Å². The second kappa shape index (κ2) is 4.63. The molecular weight excluding hydrogens is 251 g/mol. The van der Waals surface area contributed by atoms with Gasteiger partial charge in [0.15, 0.2) is 0 Å². The van der Waals surface area contributed by atoms with Crippen LogP contribution in [0.3, 0.4) is 0 Å². The van der Waals surface area contributed by atoms with Gasteiger partial charge in [0.25, 0.3) is 0 Å². The molecule has 3 N–H and O–H groups in total. The van der Waals surface area contributed by atoms with E-state index in [9.17, 15) is 5.02 Å². The van der Waals surface area contributed by atoms with Crippen LogP contribution in [0.5, 0.6) is 0 Å². The quantitative estimate of drug-likeness (QED) is 0.679. The van der Waals surface area contributed by atoms with Gasteiger partial charge in [0.1, 0.15) is 5.65 Å². The van der Waals surface area contributed by atoms with Crippen molar-refractivity contribution >= 4 is 29.3 Å². The third kappa shape index (κ3) is 1.75. The number of fused-ring (bicyclic) bond motifs is 3. The number of nitrogens with one attached hydrogen (secondary N) is 2. The highest BCUT2D eigenvalue weighted by Crippen LogP contribution is 2.29. The molecule has 0 bridgehead atoms. The Morgan fingerprint density at radius 1 is 1.25 bits per heavy atom. The highest BCUT2D eigenvalue weighted by Gasteiger charge is 2.32. The fourth-order valence-electron chi connectivity index (χ4n) is 3.44. The number of aromatic nitrogens is 2. The van der Waals surface area contributed by atoms with E-state index in [1.54, 1.807) is 6.20 Å². The molecule has 5 nitrogen and oxygen atoms in total. The molecule has 6 heteroatoms. The monoisotopic (exact) mass is 268 g/mol. The normalized spacial score (nSPS) is 19.6. The second-order valence-corrected chi connectivity index (χ2v) is 5.69. The van der Waals surface area contributed by atoms with Gasteiger partial charge in [-0.1, -0.05) is 19.3 Å². The van der Waals surface area contributed by atoms with Crippen molar-refractivity contribution in [2.24, 2.45) is 11.0 Å². The van der Waals surface area contributed by atoms with Gasteiger partial charge in [-0.2, -0.15) is 5.10 Å². The van der Waals surface area contributed by atoms with Crippen LogP contribution < -0.4 is 10.8 Å². The van der Waals surface area contributed by atoms with Gasteiger partial charge in [-0.05, 0) is 18.9 Å². The van der Waals surface area contributed by atoms with Crippen LogP contribution in [0.2, 0.25) is 0 Å². The standard InChI is InChI=1S/C14H17BN4O/c20-15-11-8-17-14-10(6-7-16-14)12(11)13(18-19-15)9-4-2-1-3-5-9/h6-9,19-20H,1-5H2,(H,16,17). The number of aromatic amines is 1. The zero-order valence-electron chi connectivity index (χ0n) is 11.3. The van der Waals surface area contributed by atoms with E-state index in [0.29, 0.717) is 5.92 Å². The third-order valence-corrected chi connectivity index (χ3v) is 4.47. The summed E-state index contributed by atoms with van der Waals surface area (Å²) in [5, 5.41) is 18.5. The summed E-state index contributed by atoms with van der Waals surface area (Å²) in [6.45, 7) is 0. The summed E-state index contributed by atoms with van der Waals surface area (Å²) in [6.07, 6.45) is 9.87. The van der Waals surface area contributed by atoms with Crippen molar-refractivity contribution in [2.75, 3.05) is 0 Å². The fraction of sp³-hybridized carbons (Fsp3) is 0.429. The largest absolute Gasteiger partial charge is 0.465 e. The van der Waals surface area contributed by atoms with E-state index in [0.717, 1.165) is 27.8 Å². The van der Waals surface area contributed by atoms with Crippen molar-refractivity contribution < 1.29 is 5.02 Å². The van der Waals surface area contributed by atoms with E-state index in [1.165, 1.54) is 32.1 Å². The maximum absolute atomic E-state index is 10.1. The molecule has 0 unspecified atom stereocenters. The minimum absolute atomic E-state index is 0.489. The van der Waals surface area contributed by atoms with Gasteiger partial charge in [-0.25, -0.2) is 4.98 Å². The first-order valence-electron chi connectivity index (χ1n) is 7.32. The molecule has 1 aliphatic carbocycles. The predicted octanol–water partition coefficient (Wildman–Crippen LogP) is 1.14. The summed E-state index contributed by atoms with van der Waals surface area (Å²) in [7, 11) is -0.760. The number of rotatable bonds is 1. The molecular formula is C14H17BN4O. The van der Waals surface area contributed by atoms with E-state index in [1.807, 2.05) is 12.3 Å². The van der Waals surface area contributed by atoms with Crippen molar-refractivity contribution in [3.05, 3.63) is 24.0 Å². The van der Waals surface area contributed by atoms with E-state index < -0.39 is 7.05 Å². The van der Waals surface area contributed by atoms with Crippen molar-refractivity contribution in [3.63, 3.8) is 0 Å². The van der Waals surface area contributed by atoms with E-state index >= 15 is 0 Å². The van der Waals surface area contributed by atoms with Crippen LogP contribution in [0.15, 0.2) is 23.6 Å². The summed E-state index contributed by atoms with van der Waals surface area (Å²) >= 11 is 0. The maximum Gasteiger partial charge on any atom is 0.465 e. The Morgan fingerprint density at radius 2 is 2.10 bits per heavy atom. The first kappa shape index (κ1) is 12.0. The van der Waals surface area contributed by atoms with Crippen molar-refractivity contribution in [2.45, 2.75) is 32.1 Å². The summed E-state index contributed by atoms with van der Waals surface area (Å²) in [5.74, 6) is 0.489. The number of nitrogens with zero attached hydrogens (tertiary/aromatic N) is 2. The fourth-order valence-corrected chi connectivity index (χ4v) is 3.44. The molecule has 0 spiro atoms. The molecule has 3 heterocycles. The Hall–Kier alpha value is -1.82. The Bertz CT molecular complexity index is 675. The smallest absolute Gasteiger partial charge is 0.428 e. The van der Waals surface area contributed by atoms with Crippen LogP contribution in [0.25, 0.3) is 11.0 Å². The number of H-pyrrole nitrogens is 1. The molecule has 102 valence electrons. The molecule has 2 aromatic rings. The lowest BCUT2D eigenvalue weighted by Gasteiger charge is -2.28. The molecule has 2 aliphatic rings. The Labute approximate surface area is 117 Å². The maximum atomic E-state index is 10.1. The molecule has 4 rings (SSSR count). The molecule has 0 radical (unpaired) electrons. The van der Waals surface area contributed by atoms with Gasteiger partial charge in [-0.3, -0.25) is 0 Å². The Kier molecular flexibility index (Phi) is 2.77. The molecule has 0 amide bonds. The number of hydrazone groups is 1. The number of hydrogen-bond donors (Lipinski definition) is 3. The van der Waals surface area contributed by atoms with Crippen LogP contribution in [0.1, 0.15) is 37.7 Å². The average Bonchev–Trinajstić information content (AvgIpc) is 2.97. The zero-order valence-corrected chi connectivity index (χ0v) is 11.3. The predicted molar refractivity (Wildman–Crippen MR) is 79.9 cm³/mol. The SMILES string of the molecule is OB1NN=C(C2CCCCC2)c2c1cnc1[nH]ccc21. The average molecular weight is 268 g/mol. The zero-order chi connectivity index (χ0) is 13.5. The van der Waals surface area contributed by atoms with E-state index in [4.69, 9.17) is 0 Å². The van der Waals surface area contributed by atoms with E-state index in [2.05, 4.69) is 20.4 Å². The van der Waals surface area contributed by atoms with Gasteiger partial charge in [0.05, 0.1) is 5.71 Å². The number of pyridine rings is 1. The van der Waals surface area contributed by atoms with Crippen LogP contribution in [-0.4, -0.2) is 27.8 Å². The first-order valence-corrected chi connectivity index (χ1v) is 7.32. The summed E-state index contributed by atoms with van der Waals surface area (Å²) in [5.41, 5.74) is 3.88. The topological polar surface area (TPSA) is 73.3 Å². The molecule has 0 atom stereocenters. The van der Waals surface area contributed by atoms with Gasteiger partial charge in [-0.15, -0.1) is 0 Å². The molecule has 1 fully saturated rings. The van der Waals surface area contributed by atoms with Gasteiger partial charge >= 0.3 is 7.05 Å². The van der Waals surface area contributed by atoms with Gasteiger partial charge in [0.2, 0.25) is 0 Å². The highest BCUT2D eigenvalue weighted by atomic mass is 16.2. The highest BCUT2D eigenvalue weighted by molar-refractivity contribution is 6.66. The third-order valence-electron chi connectivity index (χ3n) is 4.47. The van der Waals surface area contributed by atoms with Gasteiger partial charge < -0.3 is 15.3 Å². The minimum Gasteiger partial charge on any atom is -0.428 e. The Balaban J connectivity index is 1.88. The molecule has 2 aromatic heterocycles. The van der Waals surface area contributed by atoms with Gasteiger partial charge in [0, 0.05) is 34.7 Å². The summed E-state index contributed by atoms with van der Waals surface area (Å²) in [4.78, 5) is 7.51. The molecule has 1 aliphatic heterocycles. The lowest BCUT2D eigenvalue weighted by Crippen LogP contribution is -2.50. The molecule has 1 saturated carbocycles. The lowest BCUT2D eigenvalue weighted by atomic mass is 9.68. The van der Waals surface area contributed by atoms with Crippen LogP contribution in [0, 0.1) is 5.92 Å². The molecule has 0 saturated heterocycles. The minimum atomic E-state index is -0.760. The number of hydrogen-bond acceptors (Lipinski definition) is 4. The molecule has 0 aromatic carbocycles. The second-order valence-electron chi connectivity index (χ2n) is 5.69. The van der Waals surface area contributed by atoms with E-state index in [-0.39, 0.29) is 0 Å². The van der Waals surface area contributed by atoms with Crippen molar-refractivity contribution in [1.82, 2.24) is 15.3 Å². The molecule has 20 heavy (non-hydrogen) atoms. The first-order chi connectivity index (χ1) is 9.84. The van der Waals surface area contributed by atoms with Crippen LogP contribution in [0.4, 0.5) is 0 Å². The summed E-state index contributed by atoms with van der Waals surface area (Å²) < 4.78 is 0. The van der Waals surface area contributed by atoms with Crippen LogP contribution >= 0.6 is 0 Å².